The van der Waals surface area contributed by atoms with Crippen molar-refractivity contribution in [2.75, 3.05) is 11.5 Å². The van der Waals surface area contributed by atoms with E-state index in [4.69, 9.17) is 0 Å². The minimum Gasteiger partial charge on any atom is -0.211 e. The summed E-state index contributed by atoms with van der Waals surface area (Å²) in [4.78, 5) is 53.4. The summed E-state index contributed by atoms with van der Waals surface area (Å²) in [6, 6.07) is 0. The molecule has 0 unspecified atom stereocenters. The number of hydrogen-bond acceptors (Lipinski definition) is 9. The van der Waals surface area contributed by atoms with Crippen LogP contribution in [0, 0.1) is 0 Å². The van der Waals surface area contributed by atoms with Crippen molar-refractivity contribution < 1.29 is 19.2 Å². The standard InChI is InChI=1S/C10H10N4O4S/c15-5-11-9(12-6-16)1-3-19-4-2-10(13-7-17)14-8-18/h9-10H,1-4H2. The van der Waals surface area contributed by atoms with Crippen LogP contribution in [0.4, 0.5) is 0 Å². The quantitative estimate of drug-likeness (QED) is 0.328. The van der Waals surface area contributed by atoms with Crippen molar-refractivity contribution >= 4 is 36.1 Å². The largest absolute Gasteiger partial charge is 0.237 e. The van der Waals surface area contributed by atoms with Gasteiger partial charge in [-0.25, -0.2) is 19.2 Å². The summed E-state index contributed by atoms with van der Waals surface area (Å²) in [5.74, 6) is 1.15. The van der Waals surface area contributed by atoms with Gasteiger partial charge in [-0.05, 0) is 11.5 Å². The fraction of sp³-hybridized carbons (Fsp3) is 0.600. The van der Waals surface area contributed by atoms with Crippen LogP contribution < -0.4 is 0 Å². The average Bonchev–Trinajstić information content (AvgIpc) is 2.39. The van der Waals surface area contributed by atoms with Gasteiger partial charge in [0, 0.05) is 12.8 Å². The first-order valence-electron chi connectivity index (χ1n) is 5.14. The zero-order chi connectivity index (χ0) is 14.3. The molecule has 0 amide bonds. The zero-order valence-electron chi connectivity index (χ0n) is 9.81. The van der Waals surface area contributed by atoms with Crippen molar-refractivity contribution in [2.24, 2.45) is 20.0 Å². The van der Waals surface area contributed by atoms with Crippen molar-refractivity contribution in [1.29, 1.82) is 0 Å². The maximum absolute atomic E-state index is 10.0. The highest BCUT2D eigenvalue weighted by Crippen LogP contribution is 2.11. The predicted octanol–water partition coefficient (Wildman–Crippen LogP) is 0.495. The molecule has 0 bridgehead atoms. The monoisotopic (exact) mass is 282 g/mol. The van der Waals surface area contributed by atoms with Gasteiger partial charge in [0.25, 0.3) is 0 Å². The molecule has 8 nitrogen and oxygen atoms in total. The Morgan fingerprint density at radius 1 is 0.684 bits per heavy atom. The van der Waals surface area contributed by atoms with Crippen LogP contribution in [-0.2, 0) is 19.2 Å². The summed E-state index contributed by atoms with van der Waals surface area (Å²) < 4.78 is 0. The van der Waals surface area contributed by atoms with E-state index in [0.29, 0.717) is 24.3 Å². The van der Waals surface area contributed by atoms with Crippen molar-refractivity contribution in [3.05, 3.63) is 0 Å². The molecule has 0 heterocycles. The van der Waals surface area contributed by atoms with Crippen LogP contribution in [0.3, 0.4) is 0 Å². The lowest BCUT2D eigenvalue weighted by Gasteiger charge is -2.04. The molecule has 0 spiro atoms. The average molecular weight is 282 g/mol. The molecular formula is C10H10N4O4S. The molecular weight excluding hydrogens is 272 g/mol. The molecule has 0 aliphatic carbocycles. The van der Waals surface area contributed by atoms with Crippen LogP contribution in [0.15, 0.2) is 20.0 Å². The molecule has 0 aromatic rings. The van der Waals surface area contributed by atoms with Gasteiger partial charge < -0.3 is 0 Å². The van der Waals surface area contributed by atoms with E-state index in [9.17, 15) is 19.2 Å². The van der Waals surface area contributed by atoms with Crippen LogP contribution in [0.25, 0.3) is 0 Å². The van der Waals surface area contributed by atoms with Gasteiger partial charge in [0.1, 0.15) is 0 Å². The molecule has 0 N–H and O–H groups in total. The number of carbonyl (C=O) groups excluding carboxylic acids is 4. The lowest BCUT2D eigenvalue weighted by atomic mass is 10.4. The van der Waals surface area contributed by atoms with E-state index in [2.05, 4.69) is 20.0 Å². The van der Waals surface area contributed by atoms with E-state index < -0.39 is 12.3 Å². The molecule has 100 valence electrons. The van der Waals surface area contributed by atoms with Gasteiger partial charge in [-0.1, -0.05) is 0 Å². The molecule has 9 heteroatoms. The molecule has 0 saturated carbocycles. The van der Waals surface area contributed by atoms with Crippen LogP contribution >= 0.6 is 11.8 Å². The van der Waals surface area contributed by atoms with E-state index in [-0.39, 0.29) is 0 Å². The number of rotatable bonds is 10. The van der Waals surface area contributed by atoms with Crippen LogP contribution in [0.5, 0.6) is 0 Å². The maximum atomic E-state index is 10.0. The Morgan fingerprint density at radius 2 is 1.00 bits per heavy atom. The van der Waals surface area contributed by atoms with E-state index >= 15 is 0 Å². The van der Waals surface area contributed by atoms with Crippen LogP contribution in [-0.4, -0.2) is 48.2 Å². The number of isocyanates is 4. The smallest absolute Gasteiger partial charge is 0.211 e. The third kappa shape index (κ3) is 9.56. The van der Waals surface area contributed by atoms with Crippen molar-refractivity contribution in [3.63, 3.8) is 0 Å². The number of aliphatic imine (C=N–C) groups is 4. The van der Waals surface area contributed by atoms with E-state index in [1.165, 1.54) is 36.1 Å². The Balaban J connectivity index is 3.96. The molecule has 0 saturated heterocycles. The molecule has 0 aromatic heterocycles. The number of nitrogens with zero attached hydrogens (tertiary/aromatic N) is 4. The van der Waals surface area contributed by atoms with Gasteiger partial charge in [-0.15, -0.1) is 0 Å². The number of hydrogen-bond donors (Lipinski definition) is 0. The maximum Gasteiger partial charge on any atom is 0.237 e. The van der Waals surface area contributed by atoms with Crippen molar-refractivity contribution in [1.82, 2.24) is 0 Å². The van der Waals surface area contributed by atoms with Gasteiger partial charge in [-0.2, -0.15) is 31.7 Å². The lowest BCUT2D eigenvalue weighted by Crippen LogP contribution is -2.04. The summed E-state index contributed by atoms with van der Waals surface area (Å²) in [6.45, 7) is 0. The van der Waals surface area contributed by atoms with Crippen molar-refractivity contribution in [2.45, 2.75) is 25.2 Å². The molecule has 0 aliphatic rings. The Morgan fingerprint density at radius 3 is 1.26 bits per heavy atom. The fourth-order valence-corrected chi connectivity index (χ4v) is 2.00. The molecule has 0 radical (unpaired) electrons. The second-order valence-electron chi connectivity index (χ2n) is 3.03. The predicted molar refractivity (Wildman–Crippen MR) is 66.6 cm³/mol. The Bertz CT molecular complexity index is 380. The van der Waals surface area contributed by atoms with Gasteiger partial charge in [0.2, 0.25) is 24.3 Å². The van der Waals surface area contributed by atoms with Crippen LogP contribution in [0.1, 0.15) is 12.8 Å². The third-order valence-electron chi connectivity index (χ3n) is 1.85. The first-order chi connectivity index (χ1) is 9.28. The summed E-state index contributed by atoms with van der Waals surface area (Å²) in [5.41, 5.74) is 0. The number of thioether (sulfide) groups is 1. The van der Waals surface area contributed by atoms with Gasteiger partial charge in [0.15, 0.2) is 12.3 Å². The summed E-state index contributed by atoms with van der Waals surface area (Å²) in [5, 5.41) is 0. The minimum atomic E-state index is -0.765. The highest BCUT2D eigenvalue weighted by Gasteiger charge is 2.06. The third-order valence-corrected chi connectivity index (χ3v) is 2.90. The summed E-state index contributed by atoms with van der Waals surface area (Å²) >= 11 is 1.45. The second-order valence-corrected chi connectivity index (χ2v) is 4.26. The summed E-state index contributed by atoms with van der Waals surface area (Å²) in [6.07, 6.45) is 4.53. The topological polar surface area (TPSA) is 118 Å². The fourth-order valence-electron chi connectivity index (χ4n) is 1.04. The van der Waals surface area contributed by atoms with Gasteiger partial charge in [-0.3, -0.25) is 0 Å². The van der Waals surface area contributed by atoms with Crippen molar-refractivity contribution in [3.8, 4) is 0 Å². The normalized spacial score (nSPS) is 11.8. The SMILES string of the molecule is O=C=NC(CCSCCC(N=C=O)N=C=O)N=C=O. The molecule has 0 atom stereocenters. The minimum absolute atomic E-state index is 0.383. The van der Waals surface area contributed by atoms with E-state index in [1.54, 1.807) is 0 Å². The van der Waals surface area contributed by atoms with Crippen LogP contribution in [0.2, 0.25) is 0 Å². The first kappa shape index (κ1) is 16.9. The Hall–Kier alpha value is -2.13. The molecule has 19 heavy (non-hydrogen) atoms. The summed E-state index contributed by atoms with van der Waals surface area (Å²) in [7, 11) is 0. The van der Waals surface area contributed by atoms with E-state index in [1.807, 2.05) is 0 Å². The molecule has 0 fully saturated rings. The second kappa shape index (κ2) is 12.3. The highest BCUT2D eigenvalue weighted by atomic mass is 32.2. The van der Waals surface area contributed by atoms with Gasteiger partial charge >= 0.3 is 0 Å². The lowest BCUT2D eigenvalue weighted by molar-refractivity contribution is 0.546. The zero-order valence-corrected chi connectivity index (χ0v) is 10.6. The molecule has 0 rings (SSSR count). The Labute approximate surface area is 112 Å². The highest BCUT2D eigenvalue weighted by molar-refractivity contribution is 7.99. The van der Waals surface area contributed by atoms with E-state index in [0.717, 1.165) is 0 Å². The first-order valence-corrected chi connectivity index (χ1v) is 6.29. The molecule has 0 aliphatic heterocycles. The van der Waals surface area contributed by atoms with Gasteiger partial charge in [0.05, 0.1) is 0 Å². The Kier molecular flexibility index (Phi) is 10.9. The molecule has 0 aromatic carbocycles.